The van der Waals surface area contributed by atoms with Crippen molar-refractivity contribution in [2.75, 3.05) is 24.5 Å². The van der Waals surface area contributed by atoms with E-state index in [1.807, 2.05) is 43.0 Å². The van der Waals surface area contributed by atoms with E-state index >= 15 is 0 Å². The molecule has 3 rings (SSSR count). The highest BCUT2D eigenvalue weighted by Crippen LogP contribution is 2.21. The summed E-state index contributed by atoms with van der Waals surface area (Å²) in [6.07, 6.45) is 1.83. The Bertz CT molecular complexity index is 555. The summed E-state index contributed by atoms with van der Waals surface area (Å²) < 4.78 is 1.90. The fourth-order valence-corrected chi connectivity index (χ4v) is 2.43. The van der Waals surface area contributed by atoms with Crippen LogP contribution in [0.25, 0.3) is 0 Å². The smallest absolute Gasteiger partial charge is 0.151 e. The minimum absolute atomic E-state index is 0.686. The van der Waals surface area contributed by atoms with Crippen LogP contribution in [-0.2, 0) is 13.6 Å². The van der Waals surface area contributed by atoms with E-state index in [2.05, 4.69) is 25.5 Å². The average Bonchev–Trinajstić information content (AvgIpc) is 2.79. The molecule has 6 heteroatoms. The molecule has 106 valence electrons. The van der Waals surface area contributed by atoms with Gasteiger partial charge >= 0.3 is 0 Å². The van der Waals surface area contributed by atoms with E-state index in [1.54, 1.807) is 0 Å². The molecular formula is C14H20N6. The quantitative estimate of drug-likeness (QED) is 0.870. The summed E-state index contributed by atoms with van der Waals surface area (Å²) >= 11 is 0. The number of nitrogens with one attached hydrogen (secondary N) is 1. The molecule has 0 unspecified atom stereocenters. The van der Waals surface area contributed by atoms with Gasteiger partial charge in [-0.2, -0.15) is 10.2 Å². The number of aromatic nitrogens is 4. The van der Waals surface area contributed by atoms with Crippen LogP contribution in [0.5, 0.6) is 0 Å². The largest absolute Gasteiger partial charge is 0.354 e. The van der Waals surface area contributed by atoms with E-state index < -0.39 is 0 Å². The van der Waals surface area contributed by atoms with Gasteiger partial charge in [0.05, 0.1) is 11.4 Å². The molecule has 20 heavy (non-hydrogen) atoms. The Hall–Kier alpha value is -1.95. The molecule has 0 radical (unpaired) electrons. The number of rotatable bonds is 5. The van der Waals surface area contributed by atoms with E-state index in [9.17, 15) is 0 Å². The third-order valence-corrected chi connectivity index (χ3v) is 3.73. The zero-order valence-electron chi connectivity index (χ0n) is 12.0. The predicted octanol–water partition coefficient (Wildman–Crippen LogP) is 0.745. The zero-order chi connectivity index (χ0) is 13.9. The maximum absolute atomic E-state index is 4.21. The summed E-state index contributed by atoms with van der Waals surface area (Å²) in [6, 6.07) is 6.10. The Labute approximate surface area is 118 Å². The second-order valence-corrected chi connectivity index (χ2v) is 5.38. The van der Waals surface area contributed by atoms with Crippen molar-refractivity contribution >= 4 is 5.82 Å². The van der Waals surface area contributed by atoms with Crippen molar-refractivity contribution in [1.29, 1.82) is 0 Å². The summed E-state index contributed by atoms with van der Waals surface area (Å²) in [5, 5.41) is 16.0. The van der Waals surface area contributed by atoms with Crippen LogP contribution >= 0.6 is 0 Å². The number of hydrogen-bond acceptors (Lipinski definition) is 5. The maximum atomic E-state index is 4.21. The lowest BCUT2D eigenvalue weighted by molar-refractivity contribution is 0.379. The Kier molecular flexibility index (Phi) is 3.64. The molecule has 1 fully saturated rings. The van der Waals surface area contributed by atoms with Crippen LogP contribution in [0.2, 0.25) is 0 Å². The molecular weight excluding hydrogens is 252 g/mol. The van der Waals surface area contributed by atoms with Gasteiger partial charge in [0.15, 0.2) is 5.82 Å². The van der Waals surface area contributed by atoms with Crippen molar-refractivity contribution in [3.05, 3.63) is 35.8 Å². The molecule has 0 atom stereocenters. The van der Waals surface area contributed by atoms with Gasteiger partial charge in [0.2, 0.25) is 0 Å². The molecule has 1 aliphatic heterocycles. The standard InChI is InChI=1S/C14H20N6/c1-11-3-4-14(18-17-11)20-9-12(10-20)7-15-8-13-5-6-16-19(13)2/h3-6,12,15H,7-10H2,1-2H3. The van der Waals surface area contributed by atoms with Crippen LogP contribution < -0.4 is 10.2 Å². The Balaban J connectivity index is 1.40. The van der Waals surface area contributed by atoms with Crippen LogP contribution in [0.1, 0.15) is 11.4 Å². The van der Waals surface area contributed by atoms with Gasteiger partial charge < -0.3 is 10.2 Å². The summed E-state index contributed by atoms with van der Waals surface area (Å²) in [5.74, 6) is 1.67. The first-order valence-corrected chi connectivity index (χ1v) is 6.95. The van der Waals surface area contributed by atoms with E-state index in [-0.39, 0.29) is 0 Å². The highest BCUT2D eigenvalue weighted by atomic mass is 15.3. The minimum atomic E-state index is 0.686. The summed E-state index contributed by atoms with van der Waals surface area (Å²) in [4.78, 5) is 2.27. The van der Waals surface area contributed by atoms with Crippen LogP contribution in [0.15, 0.2) is 24.4 Å². The van der Waals surface area contributed by atoms with Gasteiger partial charge in [0, 0.05) is 45.3 Å². The fourth-order valence-electron chi connectivity index (χ4n) is 2.43. The predicted molar refractivity (Wildman–Crippen MR) is 77.4 cm³/mol. The van der Waals surface area contributed by atoms with Crippen LogP contribution in [0.4, 0.5) is 5.82 Å². The SMILES string of the molecule is Cc1ccc(N2CC(CNCc3ccnn3C)C2)nn1. The molecule has 2 aromatic heterocycles. The normalized spacial score (nSPS) is 15.4. The van der Waals surface area contributed by atoms with Gasteiger partial charge in [-0.3, -0.25) is 4.68 Å². The van der Waals surface area contributed by atoms with Gasteiger partial charge in [0.1, 0.15) is 0 Å². The molecule has 2 aromatic rings. The van der Waals surface area contributed by atoms with Crippen LogP contribution in [0.3, 0.4) is 0 Å². The number of hydrogen-bond donors (Lipinski definition) is 1. The summed E-state index contributed by atoms with van der Waals surface area (Å²) in [5.41, 5.74) is 2.18. The van der Waals surface area contributed by atoms with Gasteiger partial charge in [-0.1, -0.05) is 0 Å². The summed E-state index contributed by atoms with van der Waals surface area (Å²) in [6.45, 7) is 5.96. The fraction of sp³-hybridized carbons (Fsp3) is 0.500. The average molecular weight is 272 g/mol. The lowest BCUT2D eigenvalue weighted by Crippen LogP contribution is -2.51. The van der Waals surface area contributed by atoms with Crippen molar-refractivity contribution in [3.8, 4) is 0 Å². The van der Waals surface area contributed by atoms with Crippen molar-refractivity contribution in [3.63, 3.8) is 0 Å². The molecule has 6 nitrogen and oxygen atoms in total. The first-order chi connectivity index (χ1) is 9.72. The Morgan fingerprint density at radius 1 is 1.25 bits per heavy atom. The third kappa shape index (κ3) is 2.80. The zero-order valence-corrected chi connectivity index (χ0v) is 12.0. The Morgan fingerprint density at radius 3 is 2.75 bits per heavy atom. The Morgan fingerprint density at radius 2 is 2.10 bits per heavy atom. The van der Waals surface area contributed by atoms with E-state index in [0.29, 0.717) is 5.92 Å². The van der Waals surface area contributed by atoms with E-state index in [0.717, 1.165) is 37.7 Å². The van der Waals surface area contributed by atoms with Crippen LogP contribution in [-0.4, -0.2) is 39.6 Å². The molecule has 0 aromatic carbocycles. The molecule has 0 bridgehead atoms. The lowest BCUT2D eigenvalue weighted by atomic mass is 10.0. The van der Waals surface area contributed by atoms with Gasteiger partial charge in [-0.25, -0.2) is 0 Å². The first kappa shape index (κ1) is 13.1. The first-order valence-electron chi connectivity index (χ1n) is 6.95. The molecule has 0 saturated carbocycles. The number of nitrogens with zero attached hydrogens (tertiary/aromatic N) is 5. The van der Waals surface area contributed by atoms with E-state index in [1.165, 1.54) is 5.69 Å². The molecule has 1 N–H and O–H groups in total. The maximum Gasteiger partial charge on any atom is 0.151 e. The van der Waals surface area contributed by atoms with Gasteiger partial charge in [-0.15, -0.1) is 5.10 Å². The molecule has 1 aliphatic rings. The molecule has 0 spiro atoms. The number of aryl methyl sites for hydroxylation is 2. The van der Waals surface area contributed by atoms with Crippen molar-refractivity contribution in [2.45, 2.75) is 13.5 Å². The van der Waals surface area contributed by atoms with Gasteiger partial charge in [0.25, 0.3) is 0 Å². The van der Waals surface area contributed by atoms with Crippen LogP contribution in [0, 0.1) is 12.8 Å². The minimum Gasteiger partial charge on any atom is -0.354 e. The molecule has 3 heterocycles. The second kappa shape index (κ2) is 5.58. The van der Waals surface area contributed by atoms with Crippen molar-refractivity contribution < 1.29 is 0 Å². The third-order valence-electron chi connectivity index (χ3n) is 3.73. The van der Waals surface area contributed by atoms with E-state index in [4.69, 9.17) is 0 Å². The lowest BCUT2D eigenvalue weighted by Gasteiger charge is -2.40. The molecule has 1 saturated heterocycles. The topological polar surface area (TPSA) is 58.9 Å². The summed E-state index contributed by atoms with van der Waals surface area (Å²) in [7, 11) is 1.97. The van der Waals surface area contributed by atoms with Crippen molar-refractivity contribution in [2.24, 2.45) is 13.0 Å². The highest BCUT2D eigenvalue weighted by molar-refractivity contribution is 5.40. The number of anilines is 1. The monoisotopic (exact) mass is 272 g/mol. The van der Waals surface area contributed by atoms with Gasteiger partial charge in [-0.05, 0) is 25.1 Å². The molecule has 0 amide bonds. The van der Waals surface area contributed by atoms with Crippen molar-refractivity contribution in [1.82, 2.24) is 25.3 Å². The molecule has 0 aliphatic carbocycles. The highest BCUT2D eigenvalue weighted by Gasteiger charge is 2.27. The second-order valence-electron chi connectivity index (χ2n) is 5.38.